The molecule has 4 heteroatoms. The van der Waals surface area contributed by atoms with Crippen LogP contribution >= 0.6 is 0 Å². The van der Waals surface area contributed by atoms with E-state index in [4.69, 9.17) is 5.73 Å². The first-order valence-corrected chi connectivity index (χ1v) is 9.62. The van der Waals surface area contributed by atoms with Crippen LogP contribution < -0.4 is 11.1 Å². The molecule has 0 aliphatic rings. The third-order valence-electron chi connectivity index (χ3n) is 5.11. The summed E-state index contributed by atoms with van der Waals surface area (Å²) in [5.41, 5.74) is 7.41. The predicted molar refractivity (Wildman–Crippen MR) is 116 cm³/mol. The van der Waals surface area contributed by atoms with Crippen molar-refractivity contribution in [1.82, 2.24) is 5.32 Å². The molecule has 4 aromatic rings. The molecule has 144 valence electrons. The molecule has 0 saturated heterocycles. The predicted octanol–water partition coefficient (Wildman–Crippen LogP) is 3.75. The lowest BCUT2D eigenvalue weighted by molar-refractivity contribution is -0.127. The van der Waals surface area contributed by atoms with E-state index >= 15 is 0 Å². The molecule has 4 nitrogen and oxygen atoms in total. The van der Waals surface area contributed by atoms with Crippen LogP contribution in [0.4, 0.5) is 0 Å². The number of rotatable bonds is 6. The van der Waals surface area contributed by atoms with Crippen LogP contribution in [0.25, 0.3) is 21.5 Å². The number of carbonyl (C=O) groups is 2. The van der Waals surface area contributed by atoms with Crippen molar-refractivity contribution in [2.45, 2.75) is 18.9 Å². The van der Waals surface area contributed by atoms with Gasteiger partial charge in [0.2, 0.25) is 11.8 Å². The Morgan fingerprint density at radius 2 is 1.24 bits per heavy atom. The second-order valence-corrected chi connectivity index (χ2v) is 7.27. The number of hydrogen-bond donors (Lipinski definition) is 2. The van der Waals surface area contributed by atoms with E-state index in [0.717, 1.165) is 32.7 Å². The largest absolute Gasteiger partial charge is 0.368 e. The van der Waals surface area contributed by atoms with Crippen LogP contribution in [0.1, 0.15) is 11.1 Å². The monoisotopic (exact) mass is 382 g/mol. The molecule has 0 aliphatic carbocycles. The molecule has 29 heavy (non-hydrogen) atoms. The van der Waals surface area contributed by atoms with Crippen molar-refractivity contribution in [3.05, 3.63) is 96.1 Å². The summed E-state index contributed by atoms with van der Waals surface area (Å²) in [6, 6.07) is 27.2. The molecule has 0 saturated carbocycles. The first-order valence-electron chi connectivity index (χ1n) is 9.62. The molecule has 0 fully saturated rings. The number of hydrogen-bond acceptors (Lipinski definition) is 2. The fourth-order valence-corrected chi connectivity index (χ4v) is 3.60. The van der Waals surface area contributed by atoms with Gasteiger partial charge in [0, 0.05) is 6.42 Å². The van der Waals surface area contributed by atoms with E-state index in [1.54, 1.807) is 0 Å². The zero-order valence-electron chi connectivity index (χ0n) is 16.0. The highest BCUT2D eigenvalue weighted by molar-refractivity contribution is 5.89. The van der Waals surface area contributed by atoms with Crippen molar-refractivity contribution in [2.75, 3.05) is 0 Å². The van der Waals surface area contributed by atoms with Gasteiger partial charge in [-0.05, 0) is 32.7 Å². The molecule has 0 aliphatic heterocycles. The lowest BCUT2D eigenvalue weighted by Crippen LogP contribution is -2.46. The van der Waals surface area contributed by atoms with Gasteiger partial charge in [0.1, 0.15) is 6.04 Å². The van der Waals surface area contributed by atoms with Crippen LogP contribution in [0.2, 0.25) is 0 Å². The highest BCUT2D eigenvalue weighted by atomic mass is 16.2. The maximum absolute atomic E-state index is 12.5. The van der Waals surface area contributed by atoms with E-state index in [1.165, 1.54) is 0 Å². The van der Waals surface area contributed by atoms with Gasteiger partial charge in [0.05, 0.1) is 6.42 Å². The fourth-order valence-electron chi connectivity index (χ4n) is 3.60. The van der Waals surface area contributed by atoms with Gasteiger partial charge in [-0.15, -0.1) is 0 Å². The quantitative estimate of drug-likeness (QED) is 0.533. The Morgan fingerprint density at radius 3 is 1.83 bits per heavy atom. The molecule has 0 aromatic heterocycles. The molecule has 2 amide bonds. The van der Waals surface area contributed by atoms with Gasteiger partial charge < -0.3 is 11.1 Å². The van der Waals surface area contributed by atoms with Gasteiger partial charge in [0.15, 0.2) is 0 Å². The third kappa shape index (κ3) is 4.43. The van der Waals surface area contributed by atoms with Gasteiger partial charge >= 0.3 is 0 Å². The van der Waals surface area contributed by atoms with E-state index < -0.39 is 11.9 Å². The Bertz CT molecular complexity index is 1200. The molecule has 0 heterocycles. The summed E-state index contributed by atoms with van der Waals surface area (Å²) in [6.45, 7) is 0. The second-order valence-electron chi connectivity index (χ2n) is 7.27. The molecule has 4 aromatic carbocycles. The van der Waals surface area contributed by atoms with Crippen LogP contribution in [0.15, 0.2) is 84.9 Å². The molecular weight excluding hydrogens is 360 g/mol. The van der Waals surface area contributed by atoms with Gasteiger partial charge in [0.25, 0.3) is 0 Å². The molecule has 4 rings (SSSR count). The minimum absolute atomic E-state index is 0.201. The Hall–Kier alpha value is -3.66. The van der Waals surface area contributed by atoms with Crippen molar-refractivity contribution in [3.63, 3.8) is 0 Å². The summed E-state index contributed by atoms with van der Waals surface area (Å²) in [7, 11) is 0. The molecule has 0 bridgehead atoms. The Balaban J connectivity index is 1.46. The van der Waals surface area contributed by atoms with Crippen LogP contribution in [-0.2, 0) is 22.4 Å². The minimum atomic E-state index is -0.746. The summed E-state index contributed by atoms with van der Waals surface area (Å²) in [4.78, 5) is 24.5. The Kier molecular flexibility index (Phi) is 5.25. The zero-order chi connectivity index (χ0) is 20.2. The van der Waals surface area contributed by atoms with E-state index in [0.29, 0.717) is 6.42 Å². The molecule has 0 unspecified atom stereocenters. The van der Waals surface area contributed by atoms with Crippen LogP contribution in [0.3, 0.4) is 0 Å². The lowest BCUT2D eigenvalue weighted by Gasteiger charge is -2.16. The Labute approximate surface area is 169 Å². The molecule has 0 radical (unpaired) electrons. The average Bonchev–Trinajstić information content (AvgIpc) is 2.73. The standard InChI is InChI=1S/C25H22N2O2/c26-25(29)23(15-17-9-11-19-5-1-3-7-21(19)13-17)27-24(28)16-18-10-12-20-6-2-4-8-22(20)14-18/h1-14,23H,15-16H2,(H2,26,29)(H,27,28)/t23-/m0/s1. The highest BCUT2D eigenvalue weighted by Crippen LogP contribution is 2.18. The fraction of sp³-hybridized carbons (Fsp3) is 0.120. The lowest BCUT2D eigenvalue weighted by atomic mass is 10.0. The van der Waals surface area contributed by atoms with Crippen molar-refractivity contribution in [2.24, 2.45) is 5.73 Å². The number of amides is 2. The normalized spacial score (nSPS) is 12.0. The van der Waals surface area contributed by atoms with Crippen LogP contribution in [0.5, 0.6) is 0 Å². The maximum atomic E-state index is 12.5. The third-order valence-corrected chi connectivity index (χ3v) is 5.11. The average molecular weight is 382 g/mol. The summed E-state index contributed by atoms with van der Waals surface area (Å²) >= 11 is 0. The van der Waals surface area contributed by atoms with Gasteiger partial charge in [-0.2, -0.15) is 0 Å². The van der Waals surface area contributed by atoms with Crippen molar-refractivity contribution >= 4 is 33.4 Å². The number of carbonyl (C=O) groups excluding carboxylic acids is 2. The van der Waals surface area contributed by atoms with Crippen molar-refractivity contribution in [1.29, 1.82) is 0 Å². The molecule has 1 atom stereocenters. The van der Waals surface area contributed by atoms with E-state index in [2.05, 4.69) is 5.32 Å². The first-order chi connectivity index (χ1) is 14.1. The van der Waals surface area contributed by atoms with E-state index in [1.807, 2.05) is 84.9 Å². The topological polar surface area (TPSA) is 72.2 Å². The second kappa shape index (κ2) is 8.15. The summed E-state index contributed by atoms with van der Waals surface area (Å²) in [5.74, 6) is -0.755. The highest BCUT2D eigenvalue weighted by Gasteiger charge is 2.19. The van der Waals surface area contributed by atoms with Crippen LogP contribution in [-0.4, -0.2) is 17.9 Å². The molecule has 3 N–H and O–H groups in total. The Morgan fingerprint density at radius 1 is 0.724 bits per heavy atom. The summed E-state index contributed by atoms with van der Waals surface area (Å²) < 4.78 is 0. The van der Waals surface area contributed by atoms with Crippen molar-refractivity contribution in [3.8, 4) is 0 Å². The van der Waals surface area contributed by atoms with Gasteiger partial charge in [-0.3, -0.25) is 9.59 Å². The zero-order valence-corrected chi connectivity index (χ0v) is 16.0. The van der Waals surface area contributed by atoms with Gasteiger partial charge in [-0.25, -0.2) is 0 Å². The maximum Gasteiger partial charge on any atom is 0.240 e. The smallest absolute Gasteiger partial charge is 0.240 e. The first kappa shape index (κ1) is 18.7. The van der Waals surface area contributed by atoms with E-state index in [9.17, 15) is 9.59 Å². The number of primary amides is 1. The summed E-state index contributed by atoms with van der Waals surface area (Å²) in [6.07, 6.45) is 0.565. The van der Waals surface area contributed by atoms with Crippen LogP contribution in [0, 0.1) is 0 Å². The summed E-state index contributed by atoms with van der Waals surface area (Å²) in [5, 5.41) is 7.23. The number of nitrogens with two attached hydrogens (primary N) is 1. The molecule has 0 spiro atoms. The number of nitrogens with one attached hydrogen (secondary N) is 1. The molecular formula is C25H22N2O2. The minimum Gasteiger partial charge on any atom is -0.368 e. The van der Waals surface area contributed by atoms with E-state index in [-0.39, 0.29) is 12.3 Å². The van der Waals surface area contributed by atoms with Gasteiger partial charge in [-0.1, -0.05) is 84.9 Å². The SMILES string of the molecule is NC(=O)[C@H](Cc1ccc2ccccc2c1)NC(=O)Cc1ccc2ccccc2c1. The number of fused-ring (bicyclic) bond motifs is 2. The number of benzene rings is 4. The van der Waals surface area contributed by atoms with Crippen molar-refractivity contribution < 1.29 is 9.59 Å².